The fourth-order valence-corrected chi connectivity index (χ4v) is 4.24. The van der Waals surface area contributed by atoms with E-state index in [1.807, 2.05) is 44.4 Å². The van der Waals surface area contributed by atoms with Crippen LogP contribution in [0.5, 0.6) is 0 Å². The molecule has 0 bridgehead atoms. The molecule has 7 heteroatoms. The van der Waals surface area contributed by atoms with Crippen LogP contribution < -0.4 is 0 Å². The molecule has 1 aliphatic heterocycles. The Morgan fingerprint density at radius 1 is 1.17 bits per heavy atom. The molecule has 2 aromatic carbocycles. The molecule has 4 nitrogen and oxygen atoms in total. The number of halogens is 2. The van der Waals surface area contributed by atoms with Crippen LogP contribution in [0.2, 0.25) is 0 Å². The molecule has 0 atom stereocenters. The van der Waals surface area contributed by atoms with E-state index in [4.69, 9.17) is 12.2 Å². The number of likely N-dealkylation sites (N-methyl/N-ethyl adjacent to an activating group) is 2. The molecular weight excluding hydrogens is 453 g/mol. The lowest BCUT2D eigenvalue weighted by Crippen LogP contribution is -2.30. The number of carbonyl (C=O) groups is 1. The quantitative estimate of drug-likeness (QED) is 0.395. The van der Waals surface area contributed by atoms with Crippen molar-refractivity contribution in [2.75, 3.05) is 13.6 Å². The monoisotopic (exact) mass is 471 g/mol. The van der Waals surface area contributed by atoms with Gasteiger partial charge in [0.05, 0.1) is 0 Å². The zero-order chi connectivity index (χ0) is 20.7. The van der Waals surface area contributed by atoms with Crippen LogP contribution in [0.25, 0.3) is 17.0 Å². The van der Waals surface area contributed by atoms with Gasteiger partial charge in [0.2, 0.25) is 0 Å². The first-order chi connectivity index (χ1) is 13.9. The summed E-state index contributed by atoms with van der Waals surface area (Å²) < 4.78 is 16.3. The third-order valence-corrected chi connectivity index (χ3v) is 6.08. The molecule has 0 aliphatic carbocycles. The normalized spacial score (nSPS) is 15.9. The molecule has 0 radical (unpaired) electrons. The van der Waals surface area contributed by atoms with Crippen molar-refractivity contribution in [3.63, 3.8) is 0 Å². The largest absolute Gasteiger partial charge is 0.342 e. The summed E-state index contributed by atoms with van der Waals surface area (Å²) in [4.78, 5) is 16.1. The SMILES string of the molecule is CCN1C(=O)/C(=C/c2cn(Cc3ccc(F)cc3)c3ccc(Br)cc23)N(C)C1=S. The van der Waals surface area contributed by atoms with Crippen molar-refractivity contribution in [1.29, 1.82) is 0 Å². The second-order valence-electron chi connectivity index (χ2n) is 6.92. The number of rotatable bonds is 4. The molecule has 1 saturated heterocycles. The number of aromatic nitrogens is 1. The number of hydrogen-bond donors (Lipinski definition) is 0. The van der Waals surface area contributed by atoms with E-state index in [9.17, 15) is 9.18 Å². The molecule has 1 aliphatic rings. The van der Waals surface area contributed by atoms with Crippen LogP contribution in [0.3, 0.4) is 0 Å². The van der Waals surface area contributed by atoms with Gasteiger partial charge in [0.1, 0.15) is 11.5 Å². The zero-order valence-electron chi connectivity index (χ0n) is 16.0. The third-order valence-electron chi connectivity index (χ3n) is 5.09. The third kappa shape index (κ3) is 3.60. The molecule has 0 saturated carbocycles. The Morgan fingerprint density at radius 2 is 1.90 bits per heavy atom. The van der Waals surface area contributed by atoms with Gasteiger partial charge in [0, 0.05) is 47.3 Å². The highest BCUT2D eigenvalue weighted by Crippen LogP contribution is 2.30. The molecule has 0 N–H and O–H groups in total. The lowest BCUT2D eigenvalue weighted by molar-refractivity contribution is -0.122. The highest BCUT2D eigenvalue weighted by Gasteiger charge is 2.34. The number of nitrogens with zero attached hydrogens (tertiary/aromatic N) is 3. The van der Waals surface area contributed by atoms with Crippen LogP contribution >= 0.6 is 28.1 Å². The number of benzene rings is 2. The van der Waals surface area contributed by atoms with Gasteiger partial charge in [-0.05, 0) is 61.1 Å². The first kappa shape index (κ1) is 19.8. The van der Waals surface area contributed by atoms with Crippen molar-refractivity contribution < 1.29 is 9.18 Å². The molecule has 3 aromatic rings. The summed E-state index contributed by atoms with van der Waals surface area (Å²) in [7, 11) is 1.81. The summed E-state index contributed by atoms with van der Waals surface area (Å²) in [5, 5.41) is 1.54. The standard InChI is InChI=1S/C22H19BrFN3OS/c1-3-27-21(28)20(25(2)22(27)29)10-15-13-26(12-14-4-7-17(24)8-5-14)19-9-6-16(23)11-18(15)19/h4-11,13H,3,12H2,1-2H3/b20-10-. The smallest absolute Gasteiger partial charge is 0.276 e. The van der Waals surface area contributed by atoms with E-state index in [0.29, 0.717) is 23.9 Å². The summed E-state index contributed by atoms with van der Waals surface area (Å²) in [6.45, 7) is 3.05. The van der Waals surface area contributed by atoms with E-state index in [1.54, 1.807) is 21.9 Å². The highest BCUT2D eigenvalue weighted by atomic mass is 79.9. The van der Waals surface area contributed by atoms with Crippen molar-refractivity contribution >= 4 is 56.1 Å². The molecule has 0 spiro atoms. The van der Waals surface area contributed by atoms with E-state index < -0.39 is 0 Å². The van der Waals surface area contributed by atoms with Crippen LogP contribution in [0.4, 0.5) is 4.39 Å². The van der Waals surface area contributed by atoms with E-state index in [2.05, 4.69) is 20.5 Å². The lowest BCUT2D eigenvalue weighted by Gasteiger charge is -2.13. The molecule has 4 rings (SSSR count). The van der Waals surface area contributed by atoms with Crippen LogP contribution in [0.1, 0.15) is 18.1 Å². The topological polar surface area (TPSA) is 28.5 Å². The fraction of sp³-hybridized carbons (Fsp3) is 0.182. The average Bonchev–Trinajstić information content (AvgIpc) is 3.13. The first-order valence-corrected chi connectivity index (χ1v) is 10.4. The predicted octanol–water partition coefficient (Wildman–Crippen LogP) is 5.01. The highest BCUT2D eigenvalue weighted by molar-refractivity contribution is 9.10. The van der Waals surface area contributed by atoms with Gasteiger partial charge in [-0.2, -0.15) is 0 Å². The Hall–Kier alpha value is -2.51. The van der Waals surface area contributed by atoms with E-state index >= 15 is 0 Å². The molecule has 1 fully saturated rings. The molecule has 1 aromatic heterocycles. The van der Waals surface area contributed by atoms with Gasteiger partial charge in [-0.15, -0.1) is 0 Å². The Labute approximate surface area is 182 Å². The number of fused-ring (bicyclic) bond motifs is 1. The van der Waals surface area contributed by atoms with Crippen molar-refractivity contribution in [1.82, 2.24) is 14.4 Å². The molecule has 148 valence electrons. The minimum absolute atomic E-state index is 0.0885. The number of carbonyl (C=O) groups excluding carboxylic acids is 1. The Balaban J connectivity index is 1.81. The number of amides is 1. The first-order valence-electron chi connectivity index (χ1n) is 9.23. The zero-order valence-corrected chi connectivity index (χ0v) is 18.4. The van der Waals surface area contributed by atoms with Crippen molar-refractivity contribution in [3.8, 4) is 0 Å². The summed E-state index contributed by atoms with van der Waals surface area (Å²) in [5.74, 6) is -0.339. The van der Waals surface area contributed by atoms with Crippen molar-refractivity contribution in [2.45, 2.75) is 13.5 Å². The maximum atomic E-state index is 13.2. The van der Waals surface area contributed by atoms with Gasteiger partial charge in [-0.3, -0.25) is 9.69 Å². The summed E-state index contributed by atoms with van der Waals surface area (Å²) in [5.41, 5.74) is 3.52. The summed E-state index contributed by atoms with van der Waals surface area (Å²) in [6, 6.07) is 12.6. The van der Waals surface area contributed by atoms with Gasteiger partial charge in [-0.25, -0.2) is 4.39 Å². The number of hydrogen-bond acceptors (Lipinski definition) is 2. The van der Waals surface area contributed by atoms with E-state index in [-0.39, 0.29) is 11.7 Å². The van der Waals surface area contributed by atoms with Crippen LogP contribution in [0, 0.1) is 5.82 Å². The second kappa shape index (κ2) is 7.72. The second-order valence-corrected chi connectivity index (χ2v) is 8.20. The molecular formula is C22H19BrFN3OS. The minimum Gasteiger partial charge on any atom is -0.342 e. The van der Waals surface area contributed by atoms with Crippen molar-refractivity contribution in [3.05, 3.63) is 75.8 Å². The van der Waals surface area contributed by atoms with Gasteiger partial charge in [0.25, 0.3) is 5.91 Å². The van der Waals surface area contributed by atoms with Crippen molar-refractivity contribution in [2.24, 2.45) is 0 Å². The molecule has 29 heavy (non-hydrogen) atoms. The van der Waals surface area contributed by atoms with E-state index in [1.165, 1.54) is 12.1 Å². The van der Waals surface area contributed by atoms with Crippen LogP contribution in [-0.4, -0.2) is 39.0 Å². The molecule has 0 unspecified atom stereocenters. The van der Waals surface area contributed by atoms with Gasteiger partial charge >= 0.3 is 0 Å². The van der Waals surface area contributed by atoms with Gasteiger partial charge in [-0.1, -0.05) is 28.1 Å². The van der Waals surface area contributed by atoms with E-state index in [0.717, 1.165) is 26.5 Å². The Kier molecular flexibility index (Phi) is 5.27. The maximum absolute atomic E-state index is 13.2. The van der Waals surface area contributed by atoms with Crippen LogP contribution in [-0.2, 0) is 11.3 Å². The number of thiocarbonyl (C=S) groups is 1. The van der Waals surface area contributed by atoms with Gasteiger partial charge in [0.15, 0.2) is 5.11 Å². The summed E-state index contributed by atoms with van der Waals surface area (Å²) in [6.07, 6.45) is 3.91. The predicted molar refractivity (Wildman–Crippen MR) is 121 cm³/mol. The van der Waals surface area contributed by atoms with Gasteiger partial charge < -0.3 is 9.47 Å². The summed E-state index contributed by atoms with van der Waals surface area (Å²) >= 11 is 8.94. The maximum Gasteiger partial charge on any atom is 0.276 e. The Morgan fingerprint density at radius 3 is 2.55 bits per heavy atom. The lowest BCUT2D eigenvalue weighted by atomic mass is 10.1. The Bertz CT molecular complexity index is 1150. The molecule has 2 heterocycles. The minimum atomic E-state index is -0.250. The fourth-order valence-electron chi connectivity index (χ4n) is 3.57. The average molecular weight is 472 g/mol. The van der Waals surface area contributed by atoms with Crippen LogP contribution in [0.15, 0.2) is 58.8 Å². The molecule has 1 amide bonds.